The largest absolute Gasteiger partial charge is 0.573 e. The molecule has 0 aliphatic carbocycles. The summed E-state index contributed by atoms with van der Waals surface area (Å²) in [7, 11) is -7.41. The first kappa shape index (κ1) is 28.3. The third-order valence-corrected chi connectivity index (χ3v) is 9.01. The Bertz CT molecular complexity index is 1530. The molecule has 1 N–H and O–H groups in total. The maximum atomic E-state index is 13.2. The van der Waals surface area contributed by atoms with Gasteiger partial charge in [0.05, 0.1) is 22.8 Å². The van der Waals surface area contributed by atoms with E-state index in [9.17, 15) is 35.4 Å². The molecule has 2 heterocycles. The number of aromatic nitrogens is 2. The zero-order chi connectivity index (χ0) is 28.4. The van der Waals surface area contributed by atoms with Crippen molar-refractivity contribution < 1.29 is 40.1 Å². The second kappa shape index (κ2) is 11.2. The Morgan fingerprint density at radius 3 is 2.38 bits per heavy atom. The number of hydrogen-bond donors (Lipinski definition) is 1. The SMILES string of the molecule is CP(F)S(=O)(=O)NC(=O)CCC(=O)N1N=C(c2ccc(OC(F)(F)F)cc2)CC1c1ccc2nccnc2c1. The van der Waals surface area contributed by atoms with E-state index in [0.717, 1.165) is 23.8 Å². The molecule has 2 aromatic carbocycles. The van der Waals surface area contributed by atoms with Gasteiger partial charge in [0.15, 0.2) is 0 Å². The summed E-state index contributed by atoms with van der Waals surface area (Å²) in [6.45, 7) is 0.816. The van der Waals surface area contributed by atoms with Gasteiger partial charge in [-0.2, -0.15) is 13.5 Å². The van der Waals surface area contributed by atoms with E-state index in [-0.39, 0.29) is 6.42 Å². The minimum atomic E-state index is -4.85. The van der Waals surface area contributed by atoms with Crippen LogP contribution in [0.5, 0.6) is 5.75 Å². The fraction of sp³-hybridized carbons (Fsp3) is 0.261. The molecule has 0 fully saturated rings. The predicted molar refractivity (Wildman–Crippen MR) is 134 cm³/mol. The number of nitrogens with zero attached hydrogens (tertiary/aromatic N) is 4. The monoisotopic (exact) mass is 585 g/mol. The first-order chi connectivity index (χ1) is 18.3. The Hall–Kier alpha value is -3.71. The summed E-state index contributed by atoms with van der Waals surface area (Å²) in [5.74, 6) is -2.10. The summed E-state index contributed by atoms with van der Waals surface area (Å²) in [6, 6.07) is 9.47. The molecule has 0 bridgehead atoms. The summed E-state index contributed by atoms with van der Waals surface area (Å²) in [4.78, 5) is 33.6. The van der Waals surface area contributed by atoms with Crippen molar-refractivity contribution in [2.24, 2.45) is 5.10 Å². The summed E-state index contributed by atoms with van der Waals surface area (Å²) in [5.41, 5.74) is 2.62. The number of fused-ring (bicyclic) bond motifs is 1. The lowest BCUT2D eigenvalue weighted by Gasteiger charge is -2.22. The molecular formula is C23H20F4N5O5PS. The third-order valence-electron chi connectivity index (χ3n) is 5.61. The molecule has 0 saturated heterocycles. The van der Waals surface area contributed by atoms with Gasteiger partial charge in [0.25, 0.3) is 9.64 Å². The van der Waals surface area contributed by atoms with Crippen LogP contribution in [0.3, 0.4) is 0 Å². The van der Waals surface area contributed by atoms with Crippen molar-refractivity contribution in [1.82, 2.24) is 19.7 Å². The van der Waals surface area contributed by atoms with Gasteiger partial charge in [-0.3, -0.25) is 19.6 Å². The maximum absolute atomic E-state index is 13.2. The molecule has 0 saturated carbocycles. The normalized spacial score (nSPS) is 16.6. The van der Waals surface area contributed by atoms with Crippen LogP contribution in [0.25, 0.3) is 11.0 Å². The van der Waals surface area contributed by atoms with E-state index >= 15 is 0 Å². The Labute approximate surface area is 220 Å². The van der Waals surface area contributed by atoms with Gasteiger partial charge >= 0.3 is 6.36 Å². The quantitative estimate of drug-likeness (QED) is 0.307. The Morgan fingerprint density at radius 2 is 1.74 bits per heavy atom. The maximum Gasteiger partial charge on any atom is 0.573 e. The highest BCUT2D eigenvalue weighted by Crippen LogP contribution is 2.39. The molecule has 0 radical (unpaired) electrons. The van der Waals surface area contributed by atoms with E-state index in [1.165, 1.54) is 24.5 Å². The van der Waals surface area contributed by atoms with Crippen molar-refractivity contribution in [2.45, 2.75) is 31.7 Å². The number of nitrogens with one attached hydrogen (secondary N) is 1. The summed E-state index contributed by atoms with van der Waals surface area (Å²) in [5, 5.41) is 5.51. The van der Waals surface area contributed by atoms with Crippen molar-refractivity contribution >= 4 is 45.6 Å². The zero-order valence-corrected chi connectivity index (χ0v) is 21.8. The molecule has 2 unspecified atom stereocenters. The van der Waals surface area contributed by atoms with Crippen molar-refractivity contribution in [2.75, 3.05) is 6.66 Å². The minimum absolute atomic E-state index is 0.180. The van der Waals surface area contributed by atoms with Crippen LogP contribution in [-0.2, 0) is 19.2 Å². The number of carbonyl (C=O) groups excluding carboxylic acids is 2. The Balaban J connectivity index is 1.58. The predicted octanol–water partition coefficient (Wildman–Crippen LogP) is 4.34. The number of amides is 2. The standard InChI is InChI=1S/C23H20F4N5O5PS/c1-38(27)39(35,36)31-21(33)8-9-22(34)32-20(15-4-7-17-19(12-15)29-11-10-28-17)13-18(30-32)14-2-5-16(6-3-14)37-23(24,25)26/h2-7,10-12,20H,8-9,13H2,1H3,(H,31,33). The number of rotatable bonds is 8. The summed E-state index contributed by atoms with van der Waals surface area (Å²) >= 11 is 0. The highest BCUT2D eigenvalue weighted by atomic mass is 32.8. The van der Waals surface area contributed by atoms with E-state index in [2.05, 4.69) is 19.8 Å². The fourth-order valence-corrected chi connectivity index (χ4v) is 5.00. The third kappa shape index (κ3) is 7.03. The molecule has 16 heteroatoms. The topological polar surface area (TPSA) is 131 Å². The Morgan fingerprint density at radius 1 is 1.08 bits per heavy atom. The van der Waals surface area contributed by atoms with Crippen molar-refractivity contribution in [3.05, 3.63) is 66.0 Å². The highest BCUT2D eigenvalue weighted by Gasteiger charge is 2.34. The van der Waals surface area contributed by atoms with Crippen LogP contribution < -0.4 is 9.46 Å². The van der Waals surface area contributed by atoms with Crippen molar-refractivity contribution in [1.29, 1.82) is 0 Å². The molecule has 0 spiro atoms. The molecule has 1 aliphatic heterocycles. The molecule has 1 aliphatic rings. The van der Waals surface area contributed by atoms with Crippen LogP contribution in [0.1, 0.15) is 36.4 Å². The fourth-order valence-electron chi connectivity index (χ4n) is 3.80. The van der Waals surface area contributed by atoms with Gasteiger partial charge in [0.1, 0.15) is 5.75 Å². The average Bonchev–Trinajstić information content (AvgIpc) is 3.32. The second-order valence-corrected chi connectivity index (χ2v) is 13.2. The summed E-state index contributed by atoms with van der Waals surface area (Å²) in [6.07, 6.45) is -2.62. The van der Waals surface area contributed by atoms with Gasteiger partial charge < -0.3 is 4.74 Å². The number of carbonyl (C=O) groups is 2. The highest BCUT2D eigenvalue weighted by molar-refractivity contribution is 8.47. The molecule has 39 heavy (non-hydrogen) atoms. The molecule has 10 nitrogen and oxygen atoms in total. The second-order valence-electron chi connectivity index (χ2n) is 8.30. The number of hydrogen-bond acceptors (Lipinski definition) is 8. The van der Waals surface area contributed by atoms with E-state index in [4.69, 9.17) is 0 Å². The lowest BCUT2D eigenvalue weighted by Crippen LogP contribution is -2.31. The van der Waals surface area contributed by atoms with Crippen LogP contribution in [-0.4, -0.2) is 53.9 Å². The van der Waals surface area contributed by atoms with Gasteiger partial charge in [0.2, 0.25) is 19.2 Å². The molecule has 4 rings (SSSR count). The van der Waals surface area contributed by atoms with E-state index < -0.39 is 59.9 Å². The van der Waals surface area contributed by atoms with Crippen LogP contribution in [0.4, 0.5) is 17.4 Å². The lowest BCUT2D eigenvalue weighted by atomic mass is 9.97. The van der Waals surface area contributed by atoms with E-state index in [0.29, 0.717) is 27.9 Å². The number of hydrazone groups is 1. The zero-order valence-electron chi connectivity index (χ0n) is 20.1. The Kier molecular flexibility index (Phi) is 8.12. The minimum Gasteiger partial charge on any atom is -0.406 e. The van der Waals surface area contributed by atoms with Crippen molar-refractivity contribution in [3.63, 3.8) is 0 Å². The lowest BCUT2D eigenvalue weighted by molar-refractivity contribution is -0.274. The van der Waals surface area contributed by atoms with Crippen LogP contribution in [0.15, 0.2) is 60.0 Å². The van der Waals surface area contributed by atoms with Crippen LogP contribution >= 0.6 is 7.43 Å². The molecule has 206 valence electrons. The first-order valence-electron chi connectivity index (χ1n) is 11.2. The molecular weight excluding hydrogens is 565 g/mol. The number of benzene rings is 2. The smallest absolute Gasteiger partial charge is 0.406 e. The molecule has 1 aromatic heterocycles. The van der Waals surface area contributed by atoms with E-state index in [1.54, 1.807) is 22.9 Å². The number of halogens is 4. The van der Waals surface area contributed by atoms with Gasteiger partial charge in [-0.25, -0.2) is 13.9 Å². The van der Waals surface area contributed by atoms with Crippen molar-refractivity contribution in [3.8, 4) is 5.75 Å². The van der Waals surface area contributed by atoms with Gasteiger partial charge in [-0.05, 0) is 47.5 Å². The number of ether oxygens (including phenoxy) is 1. The molecule has 2 amide bonds. The molecule has 2 atom stereocenters. The van der Waals surface area contributed by atoms with Gasteiger partial charge in [-0.15, -0.1) is 13.2 Å². The summed E-state index contributed by atoms with van der Waals surface area (Å²) < 4.78 is 79.5. The number of alkyl halides is 3. The van der Waals surface area contributed by atoms with E-state index in [1.807, 2.05) is 0 Å². The average molecular weight is 585 g/mol. The first-order valence-corrected chi connectivity index (χ1v) is 15.0. The van der Waals surface area contributed by atoms with Crippen LogP contribution in [0, 0.1) is 0 Å². The van der Waals surface area contributed by atoms with Gasteiger partial charge in [-0.1, -0.05) is 6.07 Å². The molecule has 3 aromatic rings. The van der Waals surface area contributed by atoms with Gasteiger partial charge in [0, 0.05) is 38.3 Å². The van der Waals surface area contributed by atoms with Crippen LogP contribution in [0.2, 0.25) is 0 Å².